The minimum atomic E-state index is 0.141. The van der Waals surface area contributed by atoms with E-state index in [-0.39, 0.29) is 5.91 Å². The number of fused-ring (bicyclic) bond motifs is 1. The molecule has 1 fully saturated rings. The third kappa shape index (κ3) is 4.08. The maximum atomic E-state index is 12.7. The molecule has 1 amide bonds. The van der Waals surface area contributed by atoms with Gasteiger partial charge < -0.3 is 9.80 Å². The number of nitrogens with zero attached hydrogens (tertiary/aromatic N) is 5. The second-order valence-electron chi connectivity index (χ2n) is 7.64. The topological polar surface area (TPSA) is 52.6 Å². The Morgan fingerprint density at radius 2 is 1.87 bits per heavy atom. The van der Waals surface area contributed by atoms with Crippen LogP contribution < -0.4 is 4.90 Å². The van der Waals surface area contributed by atoms with Crippen molar-refractivity contribution in [2.45, 2.75) is 34.2 Å². The molecule has 0 spiro atoms. The number of aromatic nitrogens is 2. The van der Waals surface area contributed by atoms with Crippen molar-refractivity contribution < 1.29 is 4.79 Å². The molecule has 0 aromatic carbocycles. The van der Waals surface area contributed by atoms with Gasteiger partial charge in [0.05, 0.1) is 16.8 Å². The van der Waals surface area contributed by atoms with Crippen molar-refractivity contribution in [2.75, 3.05) is 44.2 Å². The normalized spacial score (nSPS) is 14.8. The molecule has 8 heteroatoms. The van der Waals surface area contributed by atoms with Gasteiger partial charge in [-0.15, -0.1) is 22.7 Å². The fourth-order valence-electron chi connectivity index (χ4n) is 3.90. The first-order chi connectivity index (χ1) is 14.5. The average Bonchev–Trinajstić information content (AvgIpc) is 3.40. The van der Waals surface area contributed by atoms with Crippen molar-refractivity contribution >= 4 is 44.6 Å². The van der Waals surface area contributed by atoms with Crippen LogP contribution in [-0.4, -0.2) is 64.9 Å². The van der Waals surface area contributed by atoms with Gasteiger partial charge in [-0.2, -0.15) is 0 Å². The Kier molecular flexibility index (Phi) is 6.36. The molecule has 4 heterocycles. The van der Waals surface area contributed by atoms with E-state index in [1.54, 1.807) is 11.3 Å². The Bertz CT molecular complexity index is 1020. The number of carbonyl (C=O) groups is 1. The summed E-state index contributed by atoms with van der Waals surface area (Å²) < 4.78 is 0. The average molecular weight is 444 g/mol. The summed E-state index contributed by atoms with van der Waals surface area (Å²) in [5.74, 6) is 2.06. The maximum Gasteiger partial charge on any atom is 0.264 e. The highest BCUT2D eigenvalue weighted by atomic mass is 32.1. The summed E-state index contributed by atoms with van der Waals surface area (Å²) in [4.78, 5) is 32.5. The number of thiophene rings is 2. The predicted molar refractivity (Wildman–Crippen MR) is 126 cm³/mol. The third-order valence-corrected chi connectivity index (χ3v) is 7.87. The molecule has 1 aliphatic rings. The molecule has 0 aliphatic carbocycles. The molecule has 3 aromatic heterocycles. The molecule has 30 heavy (non-hydrogen) atoms. The van der Waals surface area contributed by atoms with Crippen LogP contribution in [0.15, 0.2) is 17.5 Å². The zero-order valence-corrected chi connectivity index (χ0v) is 19.8. The number of piperazine rings is 1. The Labute approximate surface area is 186 Å². The zero-order chi connectivity index (χ0) is 21.3. The summed E-state index contributed by atoms with van der Waals surface area (Å²) in [6.07, 6.45) is 0. The van der Waals surface area contributed by atoms with E-state index in [2.05, 4.69) is 37.5 Å². The number of anilines is 1. The summed E-state index contributed by atoms with van der Waals surface area (Å²) in [5.41, 5.74) is 1.27. The van der Waals surface area contributed by atoms with Crippen LogP contribution in [0.2, 0.25) is 0 Å². The maximum absolute atomic E-state index is 12.7. The van der Waals surface area contributed by atoms with E-state index < -0.39 is 0 Å². The highest BCUT2D eigenvalue weighted by Gasteiger charge is 2.26. The first-order valence-corrected chi connectivity index (χ1v) is 12.3. The molecule has 0 atom stereocenters. The molecule has 1 aliphatic heterocycles. The highest BCUT2D eigenvalue weighted by molar-refractivity contribution is 7.18. The van der Waals surface area contributed by atoms with E-state index in [0.29, 0.717) is 0 Å². The lowest BCUT2D eigenvalue weighted by atomic mass is 10.2. The van der Waals surface area contributed by atoms with E-state index in [9.17, 15) is 4.79 Å². The van der Waals surface area contributed by atoms with Gasteiger partial charge in [0.25, 0.3) is 5.91 Å². The summed E-state index contributed by atoms with van der Waals surface area (Å²) in [5, 5.41) is 3.14. The molecule has 1 saturated heterocycles. The molecule has 0 saturated carbocycles. The second-order valence-corrected chi connectivity index (χ2v) is 9.80. The number of carbonyl (C=O) groups excluding carboxylic acids is 1. The molecule has 0 N–H and O–H groups in total. The smallest absolute Gasteiger partial charge is 0.264 e. The number of rotatable bonds is 6. The first-order valence-electron chi connectivity index (χ1n) is 10.6. The van der Waals surface area contributed by atoms with Crippen LogP contribution in [0, 0.1) is 13.8 Å². The number of hydrogen-bond donors (Lipinski definition) is 0. The van der Waals surface area contributed by atoms with Crippen LogP contribution >= 0.6 is 22.7 Å². The monoisotopic (exact) mass is 443 g/mol. The third-order valence-electron chi connectivity index (χ3n) is 5.91. The molecule has 0 radical (unpaired) electrons. The number of amides is 1. The lowest BCUT2D eigenvalue weighted by molar-refractivity contribution is 0.0751. The van der Waals surface area contributed by atoms with Crippen LogP contribution in [0.1, 0.15) is 39.8 Å². The van der Waals surface area contributed by atoms with Gasteiger partial charge in [0.1, 0.15) is 16.5 Å². The summed E-state index contributed by atoms with van der Waals surface area (Å²) in [6, 6.07) is 3.84. The Morgan fingerprint density at radius 3 is 2.50 bits per heavy atom. The Hall–Kier alpha value is -2.03. The van der Waals surface area contributed by atoms with Crippen molar-refractivity contribution in [2.24, 2.45) is 0 Å². The standard InChI is InChI=1S/C22H29N5OS2/c1-5-25(6-2)14-18-23-20(19-15(3)16(4)30-21(19)24-18)26-9-11-27(12-10-26)22(28)17-8-7-13-29-17/h7-8,13H,5-6,9-12,14H2,1-4H3. The van der Waals surface area contributed by atoms with Crippen LogP contribution in [-0.2, 0) is 6.54 Å². The molecular weight excluding hydrogens is 414 g/mol. The largest absolute Gasteiger partial charge is 0.352 e. The van der Waals surface area contributed by atoms with Crippen molar-refractivity contribution in [3.05, 3.63) is 38.7 Å². The van der Waals surface area contributed by atoms with Gasteiger partial charge in [-0.3, -0.25) is 9.69 Å². The van der Waals surface area contributed by atoms with E-state index in [1.807, 2.05) is 22.4 Å². The van der Waals surface area contributed by atoms with E-state index in [1.165, 1.54) is 27.2 Å². The zero-order valence-electron chi connectivity index (χ0n) is 18.1. The van der Waals surface area contributed by atoms with E-state index in [4.69, 9.17) is 9.97 Å². The Morgan fingerprint density at radius 1 is 1.13 bits per heavy atom. The van der Waals surface area contributed by atoms with Gasteiger partial charge in [0.15, 0.2) is 0 Å². The van der Waals surface area contributed by atoms with Gasteiger partial charge in [-0.25, -0.2) is 9.97 Å². The fraction of sp³-hybridized carbons (Fsp3) is 0.500. The van der Waals surface area contributed by atoms with Gasteiger partial charge in [-0.1, -0.05) is 19.9 Å². The number of hydrogen-bond acceptors (Lipinski definition) is 7. The summed E-state index contributed by atoms with van der Waals surface area (Å²) in [7, 11) is 0. The first kappa shape index (κ1) is 21.2. The van der Waals surface area contributed by atoms with Crippen LogP contribution in [0.25, 0.3) is 10.2 Å². The van der Waals surface area contributed by atoms with Crippen molar-refractivity contribution in [3.63, 3.8) is 0 Å². The molecule has 6 nitrogen and oxygen atoms in total. The van der Waals surface area contributed by atoms with Gasteiger partial charge >= 0.3 is 0 Å². The fourth-order valence-corrected chi connectivity index (χ4v) is 5.63. The molecule has 0 unspecified atom stereocenters. The Balaban J connectivity index is 1.60. The van der Waals surface area contributed by atoms with Crippen molar-refractivity contribution in [1.29, 1.82) is 0 Å². The van der Waals surface area contributed by atoms with Crippen LogP contribution in [0.3, 0.4) is 0 Å². The van der Waals surface area contributed by atoms with E-state index >= 15 is 0 Å². The molecule has 4 rings (SSSR count). The van der Waals surface area contributed by atoms with Crippen LogP contribution in [0.5, 0.6) is 0 Å². The molecule has 3 aromatic rings. The van der Waals surface area contributed by atoms with Gasteiger partial charge in [0, 0.05) is 31.1 Å². The lowest BCUT2D eigenvalue weighted by Gasteiger charge is -2.35. The lowest BCUT2D eigenvalue weighted by Crippen LogP contribution is -2.49. The minimum absolute atomic E-state index is 0.141. The van der Waals surface area contributed by atoms with Gasteiger partial charge in [-0.05, 0) is 43.9 Å². The summed E-state index contributed by atoms with van der Waals surface area (Å²) in [6.45, 7) is 14.4. The quantitative estimate of drug-likeness (QED) is 0.572. The highest BCUT2D eigenvalue weighted by Crippen LogP contribution is 2.35. The molecule has 160 valence electrons. The predicted octanol–water partition coefficient (Wildman–Crippen LogP) is 4.17. The summed E-state index contributed by atoms with van der Waals surface area (Å²) >= 11 is 3.27. The van der Waals surface area contributed by atoms with Crippen LogP contribution in [0.4, 0.5) is 5.82 Å². The van der Waals surface area contributed by atoms with Gasteiger partial charge in [0.2, 0.25) is 0 Å². The second kappa shape index (κ2) is 8.99. The molecular formula is C22H29N5OS2. The SMILES string of the molecule is CCN(CC)Cc1nc(N2CCN(C(=O)c3cccs3)CC2)c2c(C)c(C)sc2n1. The number of aryl methyl sites for hydroxylation is 2. The van der Waals surface area contributed by atoms with Crippen molar-refractivity contribution in [1.82, 2.24) is 19.8 Å². The van der Waals surface area contributed by atoms with E-state index in [0.717, 1.165) is 67.2 Å². The van der Waals surface area contributed by atoms with Crippen molar-refractivity contribution in [3.8, 4) is 0 Å². The minimum Gasteiger partial charge on any atom is -0.352 e. The molecule has 0 bridgehead atoms.